The lowest BCUT2D eigenvalue weighted by Gasteiger charge is -2.22. The summed E-state index contributed by atoms with van der Waals surface area (Å²) in [6.07, 6.45) is -0.0882. The monoisotopic (exact) mass is 498 g/mol. The van der Waals surface area contributed by atoms with Crippen LogP contribution in [0.1, 0.15) is 38.5 Å². The number of aliphatic hydroxyl groups is 1. The van der Waals surface area contributed by atoms with Gasteiger partial charge in [-0.3, -0.25) is 9.59 Å². The number of hydrogen-bond acceptors (Lipinski definition) is 6. The van der Waals surface area contributed by atoms with E-state index in [1.165, 1.54) is 21.8 Å². The molecule has 1 unspecified atom stereocenters. The molecule has 2 N–H and O–H groups in total. The summed E-state index contributed by atoms with van der Waals surface area (Å²) in [5, 5.41) is 17.6. The third kappa shape index (κ3) is 3.76. The second-order valence-electron chi connectivity index (χ2n) is 8.91. The van der Waals surface area contributed by atoms with Crippen LogP contribution in [-0.4, -0.2) is 63.6 Å². The Hall–Kier alpha value is -3.99. The number of nitrogens with zero attached hydrogens (tertiary/aromatic N) is 3. The second kappa shape index (κ2) is 8.59. The minimum Gasteiger partial charge on any atom is -0.460 e. The van der Waals surface area contributed by atoms with Crippen LogP contribution in [0, 0.1) is 13.8 Å². The molecule has 9 nitrogen and oxygen atoms in total. The molecule has 0 aliphatic carbocycles. The number of carbonyl (C=O) groups excluding carboxylic acids is 2. The number of furan rings is 1. The first-order valence-corrected chi connectivity index (χ1v) is 11.3. The number of nitrogens with one attached hydrogen (secondary N) is 1. The van der Waals surface area contributed by atoms with Gasteiger partial charge in [-0.05, 0) is 31.5 Å². The predicted molar refractivity (Wildman–Crippen MR) is 126 cm³/mol. The molecular weight excluding hydrogens is 474 g/mol. The molecule has 188 valence electrons. The van der Waals surface area contributed by atoms with E-state index in [4.69, 9.17) is 9.15 Å². The van der Waals surface area contributed by atoms with E-state index >= 15 is 0 Å². The highest BCUT2D eigenvalue weighted by molar-refractivity contribution is 6.07. The molecule has 2 amide bonds. The number of β-amino-alcohol motifs (C(OH)–C–C–N with tert-alkyl or cyclic N) is 1. The van der Waals surface area contributed by atoms with Crippen molar-refractivity contribution in [2.45, 2.75) is 32.3 Å². The van der Waals surface area contributed by atoms with Crippen molar-refractivity contribution in [3.8, 4) is 11.5 Å². The number of carbonyl (C=O) groups is 2. The lowest BCUT2D eigenvalue weighted by Crippen LogP contribution is -2.41. The zero-order chi connectivity index (χ0) is 25.8. The van der Waals surface area contributed by atoms with Gasteiger partial charge in [0.25, 0.3) is 18.2 Å². The number of amides is 2. The Bertz CT molecular complexity index is 1510. The van der Waals surface area contributed by atoms with Crippen LogP contribution in [0.25, 0.3) is 16.5 Å². The zero-order valence-corrected chi connectivity index (χ0v) is 19.8. The van der Waals surface area contributed by atoms with Crippen LogP contribution in [0.5, 0.6) is 11.5 Å². The van der Waals surface area contributed by atoms with Crippen LogP contribution in [0.15, 0.2) is 41.1 Å². The van der Waals surface area contributed by atoms with Gasteiger partial charge in [-0.2, -0.15) is 5.10 Å². The number of halogens is 2. The van der Waals surface area contributed by atoms with Crippen molar-refractivity contribution in [2.24, 2.45) is 0 Å². The van der Waals surface area contributed by atoms with Crippen LogP contribution >= 0.6 is 0 Å². The number of likely N-dealkylation sites (tertiary alicyclic amines) is 1. The Balaban J connectivity index is 1.47. The molecule has 1 atom stereocenters. The summed E-state index contributed by atoms with van der Waals surface area (Å²) < 4.78 is 39.8. The molecule has 5 rings (SSSR count). The number of fused-ring (bicyclic) bond motifs is 2. The Morgan fingerprint density at radius 2 is 2.06 bits per heavy atom. The molecule has 1 fully saturated rings. The molecule has 4 aromatic rings. The molecule has 0 spiro atoms. The van der Waals surface area contributed by atoms with E-state index in [9.17, 15) is 23.5 Å². The second-order valence-corrected chi connectivity index (χ2v) is 8.91. The zero-order valence-electron chi connectivity index (χ0n) is 19.8. The van der Waals surface area contributed by atoms with Gasteiger partial charge >= 0.3 is 0 Å². The largest absolute Gasteiger partial charge is 0.460 e. The van der Waals surface area contributed by atoms with Gasteiger partial charge in [0.1, 0.15) is 28.2 Å². The molecule has 0 radical (unpaired) electrons. The first kappa shape index (κ1) is 23.7. The van der Waals surface area contributed by atoms with E-state index < -0.39 is 24.5 Å². The third-order valence-corrected chi connectivity index (χ3v) is 6.61. The van der Waals surface area contributed by atoms with Gasteiger partial charge in [-0.15, -0.1) is 0 Å². The maximum Gasteiger partial charge on any atom is 0.268 e. The summed E-state index contributed by atoms with van der Waals surface area (Å²) in [5.74, 6) is 0.638. The lowest BCUT2D eigenvalue weighted by molar-refractivity contribution is -0.0855. The fourth-order valence-corrected chi connectivity index (χ4v) is 4.66. The van der Waals surface area contributed by atoms with Crippen molar-refractivity contribution in [3.63, 3.8) is 0 Å². The molecule has 1 aliphatic rings. The smallest absolute Gasteiger partial charge is 0.268 e. The molecule has 3 aromatic heterocycles. The average Bonchev–Trinajstić information content (AvgIpc) is 3.51. The van der Waals surface area contributed by atoms with Gasteiger partial charge in [0.15, 0.2) is 5.75 Å². The quantitative estimate of drug-likeness (QED) is 0.435. The SMILES string of the molecule is CNC(=O)c1c(C)oc2cc(Oc3ccnn4cc(C(=O)N5CCC(O)(C(F)F)C5)c(C)c34)ccc12. The molecule has 1 saturated heterocycles. The number of aromatic nitrogens is 2. The number of alkyl halides is 2. The van der Waals surface area contributed by atoms with E-state index in [2.05, 4.69) is 10.4 Å². The van der Waals surface area contributed by atoms with Crippen LogP contribution in [-0.2, 0) is 0 Å². The van der Waals surface area contributed by atoms with Crippen molar-refractivity contribution in [1.82, 2.24) is 19.8 Å². The molecule has 0 bridgehead atoms. The number of hydrogen-bond donors (Lipinski definition) is 2. The minimum atomic E-state index is -2.94. The van der Waals surface area contributed by atoms with Crippen LogP contribution < -0.4 is 10.1 Å². The first-order valence-electron chi connectivity index (χ1n) is 11.3. The highest BCUT2D eigenvalue weighted by atomic mass is 19.3. The number of rotatable bonds is 5. The van der Waals surface area contributed by atoms with Gasteiger partial charge in [0.2, 0.25) is 0 Å². The summed E-state index contributed by atoms with van der Waals surface area (Å²) in [5.41, 5.74) is 0.118. The molecule has 4 heterocycles. The topological polar surface area (TPSA) is 109 Å². The number of benzene rings is 1. The van der Waals surface area contributed by atoms with Crippen LogP contribution in [0.3, 0.4) is 0 Å². The summed E-state index contributed by atoms with van der Waals surface area (Å²) >= 11 is 0. The van der Waals surface area contributed by atoms with E-state index in [1.54, 1.807) is 45.2 Å². The highest BCUT2D eigenvalue weighted by Gasteiger charge is 2.46. The van der Waals surface area contributed by atoms with Gasteiger partial charge in [0, 0.05) is 43.7 Å². The van der Waals surface area contributed by atoms with E-state index in [0.29, 0.717) is 44.9 Å². The van der Waals surface area contributed by atoms with Crippen molar-refractivity contribution in [2.75, 3.05) is 20.1 Å². The summed E-state index contributed by atoms with van der Waals surface area (Å²) in [6, 6.07) is 6.77. The molecule has 1 aromatic carbocycles. The standard InChI is InChI=1S/C25H24F2N4O5/c1-13-17(23(33)30-9-7-25(34,12-30)24(26)27)11-31-21(13)18(6-8-29-31)36-15-4-5-16-19(10-15)35-14(2)20(16)22(32)28-3/h4-6,8,10-11,24,34H,7,9,12H2,1-3H3,(H,28,32). The Morgan fingerprint density at radius 3 is 2.75 bits per heavy atom. The fourth-order valence-electron chi connectivity index (χ4n) is 4.66. The molecule has 36 heavy (non-hydrogen) atoms. The molecule has 1 aliphatic heterocycles. The lowest BCUT2D eigenvalue weighted by atomic mass is 10.1. The van der Waals surface area contributed by atoms with Gasteiger partial charge < -0.3 is 24.5 Å². The van der Waals surface area contributed by atoms with Crippen molar-refractivity contribution >= 4 is 28.3 Å². The van der Waals surface area contributed by atoms with Crippen molar-refractivity contribution in [3.05, 3.63) is 59.1 Å². The van der Waals surface area contributed by atoms with Crippen molar-refractivity contribution in [1.29, 1.82) is 0 Å². The maximum atomic E-state index is 13.2. The Kier molecular flexibility index (Phi) is 5.67. The van der Waals surface area contributed by atoms with Gasteiger partial charge in [0.05, 0.1) is 23.9 Å². The molecular formula is C25H24F2N4O5. The first-order chi connectivity index (χ1) is 17.1. The van der Waals surface area contributed by atoms with Crippen LogP contribution in [0.2, 0.25) is 0 Å². The number of ether oxygens (including phenoxy) is 1. The van der Waals surface area contributed by atoms with E-state index in [0.717, 1.165) is 0 Å². The van der Waals surface area contributed by atoms with Gasteiger partial charge in [-0.25, -0.2) is 13.3 Å². The normalized spacial score (nSPS) is 17.9. The molecule has 0 saturated carbocycles. The number of aryl methyl sites for hydroxylation is 2. The average molecular weight is 498 g/mol. The maximum absolute atomic E-state index is 13.2. The summed E-state index contributed by atoms with van der Waals surface area (Å²) in [6.45, 7) is 3.03. The van der Waals surface area contributed by atoms with Crippen molar-refractivity contribution < 1.29 is 32.6 Å². The third-order valence-electron chi connectivity index (χ3n) is 6.61. The fraction of sp³-hybridized carbons (Fsp3) is 0.320. The molecule has 11 heteroatoms. The van der Waals surface area contributed by atoms with Crippen LogP contribution in [0.4, 0.5) is 8.78 Å². The summed E-state index contributed by atoms with van der Waals surface area (Å²) in [7, 11) is 1.55. The van der Waals surface area contributed by atoms with Gasteiger partial charge in [-0.1, -0.05) is 0 Å². The van der Waals surface area contributed by atoms with E-state index in [1.807, 2.05) is 0 Å². The summed E-state index contributed by atoms with van der Waals surface area (Å²) in [4.78, 5) is 26.5. The predicted octanol–water partition coefficient (Wildman–Crippen LogP) is 3.69. The highest BCUT2D eigenvalue weighted by Crippen LogP contribution is 2.35. The van der Waals surface area contributed by atoms with E-state index in [-0.39, 0.29) is 24.4 Å². The Labute approximate surface area is 204 Å². The Morgan fingerprint density at radius 1 is 1.28 bits per heavy atom. The minimum absolute atomic E-state index is 0.0305.